The molecule has 3 N–H and O–H groups in total. The maximum atomic E-state index is 12.5. The van der Waals surface area contributed by atoms with E-state index in [0.717, 1.165) is 19.6 Å². The summed E-state index contributed by atoms with van der Waals surface area (Å²) in [6, 6.07) is 8.28. The van der Waals surface area contributed by atoms with E-state index in [-0.39, 0.29) is 17.9 Å². The molecule has 0 saturated carbocycles. The lowest BCUT2D eigenvalue weighted by Gasteiger charge is -2.24. The third-order valence-electron chi connectivity index (χ3n) is 4.66. The number of hydrogen-bond acceptors (Lipinski definition) is 3. The van der Waals surface area contributed by atoms with Gasteiger partial charge >= 0.3 is 6.03 Å². The van der Waals surface area contributed by atoms with Crippen LogP contribution in [0.25, 0.3) is 0 Å². The van der Waals surface area contributed by atoms with Gasteiger partial charge in [-0.2, -0.15) is 0 Å². The van der Waals surface area contributed by atoms with Crippen molar-refractivity contribution in [2.24, 2.45) is 11.8 Å². The molecule has 2 atom stereocenters. The van der Waals surface area contributed by atoms with Crippen LogP contribution in [0.5, 0.6) is 0 Å². The molecule has 2 rings (SSSR count). The molecular formula is C20H32N4O2. The predicted octanol–water partition coefficient (Wildman–Crippen LogP) is 2.68. The number of carbonyl (C=O) groups is 2. The minimum atomic E-state index is -0.558. The van der Waals surface area contributed by atoms with Gasteiger partial charge in [-0.3, -0.25) is 4.79 Å². The van der Waals surface area contributed by atoms with Gasteiger partial charge in [0, 0.05) is 18.8 Å². The molecule has 1 aliphatic rings. The molecule has 0 aliphatic carbocycles. The molecular weight excluding hydrogens is 328 g/mol. The van der Waals surface area contributed by atoms with Gasteiger partial charge in [0.25, 0.3) is 0 Å². The van der Waals surface area contributed by atoms with Crippen molar-refractivity contribution in [1.29, 1.82) is 0 Å². The van der Waals surface area contributed by atoms with Gasteiger partial charge in [0.1, 0.15) is 6.04 Å². The second-order valence-corrected chi connectivity index (χ2v) is 7.54. The van der Waals surface area contributed by atoms with Crippen LogP contribution in [0, 0.1) is 11.8 Å². The Morgan fingerprint density at radius 2 is 1.73 bits per heavy atom. The molecule has 144 valence electrons. The van der Waals surface area contributed by atoms with Gasteiger partial charge in [0.15, 0.2) is 0 Å². The summed E-state index contributed by atoms with van der Waals surface area (Å²) in [6.45, 7) is 9.97. The highest BCUT2D eigenvalue weighted by Gasteiger charge is 2.24. The highest BCUT2D eigenvalue weighted by atomic mass is 16.2. The van der Waals surface area contributed by atoms with Crippen molar-refractivity contribution < 1.29 is 9.59 Å². The molecule has 6 heteroatoms. The molecule has 0 radical (unpaired) electrons. The first kappa shape index (κ1) is 20.2. The summed E-state index contributed by atoms with van der Waals surface area (Å²) < 4.78 is 0. The van der Waals surface area contributed by atoms with Gasteiger partial charge in [0.05, 0.1) is 0 Å². The molecule has 1 aromatic carbocycles. The predicted molar refractivity (Wildman–Crippen MR) is 105 cm³/mol. The lowest BCUT2D eigenvalue weighted by molar-refractivity contribution is -0.124. The van der Waals surface area contributed by atoms with Crippen molar-refractivity contribution in [3.63, 3.8) is 0 Å². The van der Waals surface area contributed by atoms with E-state index in [1.807, 2.05) is 44.2 Å². The Balaban J connectivity index is 1.79. The summed E-state index contributed by atoms with van der Waals surface area (Å²) >= 11 is 0. The van der Waals surface area contributed by atoms with Gasteiger partial charge in [-0.25, -0.2) is 4.79 Å². The highest BCUT2D eigenvalue weighted by molar-refractivity contribution is 5.93. The highest BCUT2D eigenvalue weighted by Crippen LogP contribution is 2.10. The number of anilines is 1. The van der Waals surface area contributed by atoms with E-state index in [9.17, 15) is 9.59 Å². The minimum Gasteiger partial charge on any atom is -0.354 e. The van der Waals surface area contributed by atoms with Crippen molar-refractivity contribution in [2.45, 2.75) is 39.7 Å². The molecule has 0 aromatic heterocycles. The van der Waals surface area contributed by atoms with E-state index in [1.54, 1.807) is 0 Å². The van der Waals surface area contributed by atoms with Crippen LogP contribution in [0.1, 0.15) is 33.6 Å². The first-order valence-corrected chi connectivity index (χ1v) is 9.58. The summed E-state index contributed by atoms with van der Waals surface area (Å²) in [5, 5.41) is 8.55. The third kappa shape index (κ3) is 6.67. The zero-order chi connectivity index (χ0) is 18.9. The standard InChI is InChI=1S/C20H32N4O2/c1-15(2)18(23-20(26)22-17-9-5-4-6-10-17)19(25)21-13-16(3)14-24-11-7-8-12-24/h4-6,9-10,15-16,18H,7-8,11-14H2,1-3H3,(H,21,25)(H2,22,23,26). The third-order valence-corrected chi connectivity index (χ3v) is 4.66. The second kappa shape index (κ2) is 10.2. The number of rotatable bonds is 8. The summed E-state index contributed by atoms with van der Waals surface area (Å²) in [5.74, 6) is 0.268. The normalized spacial score (nSPS) is 16.9. The van der Waals surface area contributed by atoms with Crippen molar-refractivity contribution in [3.8, 4) is 0 Å². The van der Waals surface area contributed by atoms with Gasteiger partial charge < -0.3 is 20.9 Å². The van der Waals surface area contributed by atoms with E-state index >= 15 is 0 Å². The maximum Gasteiger partial charge on any atom is 0.319 e. The van der Waals surface area contributed by atoms with Crippen LogP contribution >= 0.6 is 0 Å². The molecule has 26 heavy (non-hydrogen) atoms. The molecule has 0 spiro atoms. The Labute approximate surface area is 156 Å². The van der Waals surface area contributed by atoms with E-state index in [0.29, 0.717) is 18.2 Å². The van der Waals surface area contributed by atoms with Gasteiger partial charge in [-0.1, -0.05) is 39.0 Å². The molecule has 1 saturated heterocycles. The lowest BCUT2D eigenvalue weighted by Crippen LogP contribution is -2.51. The number of urea groups is 1. The van der Waals surface area contributed by atoms with Gasteiger partial charge in [0.2, 0.25) is 5.91 Å². The molecule has 0 bridgehead atoms. The number of benzene rings is 1. The molecule has 1 fully saturated rings. The Morgan fingerprint density at radius 3 is 2.35 bits per heavy atom. The van der Waals surface area contributed by atoms with Crippen LogP contribution in [0.2, 0.25) is 0 Å². The number of likely N-dealkylation sites (tertiary alicyclic amines) is 1. The zero-order valence-corrected chi connectivity index (χ0v) is 16.1. The molecule has 2 unspecified atom stereocenters. The Hall–Kier alpha value is -2.08. The number of amides is 3. The number of hydrogen-bond donors (Lipinski definition) is 3. The van der Waals surface area contributed by atoms with Crippen LogP contribution in [0.4, 0.5) is 10.5 Å². The van der Waals surface area contributed by atoms with Crippen molar-refractivity contribution in [3.05, 3.63) is 30.3 Å². The Bertz CT molecular complexity index is 570. The van der Waals surface area contributed by atoms with Crippen LogP contribution in [0.15, 0.2) is 30.3 Å². The number of nitrogens with zero attached hydrogens (tertiary/aromatic N) is 1. The molecule has 1 heterocycles. The van der Waals surface area contributed by atoms with E-state index < -0.39 is 6.04 Å². The summed E-state index contributed by atoms with van der Waals surface area (Å²) in [6.07, 6.45) is 2.55. The average molecular weight is 361 g/mol. The van der Waals surface area contributed by atoms with Crippen molar-refractivity contribution >= 4 is 17.6 Å². The zero-order valence-electron chi connectivity index (χ0n) is 16.1. The summed E-state index contributed by atoms with van der Waals surface area (Å²) in [4.78, 5) is 27.2. The van der Waals surface area contributed by atoms with Gasteiger partial charge in [-0.15, -0.1) is 0 Å². The SMILES string of the molecule is CC(CNC(=O)C(NC(=O)Nc1ccccc1)C(C)C)CN1CCCC1. The van der Waals surface area contributed by atoms with Gasteiger partial charge in [-0.05, 0) is 49.9 Å². The number of para-hydroxylation sites is 1. The maximum absolute atomic E-state index is 12.5. The first-order valence-electron chi connectivity index (χ1n) is 9.58. The van der Waals surface area contributed by atoms with E-state index in [2.05, 4.69) is 27.8 Å². The molecule has 1 aliphatic heterocycles. The molecule has 6 nitrogen and oxygen atoms in total. The fourth-order valence-electron chi connectivity index (χ4n) is 3.22. The van der Waals surface area contributed by atoms with Crippen molar-refractivity contribution in [2.75, 3.05) is 31.5 Å². The fraction of sp³-hybridized carbons (Fsp3) is 0.600. The summed E-state index contributed by atoms with van der Waals surface area (Å²) in [5.41, 5.74) is 0.701. The fourth-order valence-corrected chi connectivity index (χ4v) is 3.22. The smallest absolute Gasteiger partial charge is 0.319 e. The summed E-state index contributed by atoms with van der Waals surface area (Å²) in [7, 11) is 0. The van der Waals surface area contributed by atoms with E-state index in [1.165, 1.54) is 12.8 Å². The monoisotopic (exact) mass is 360 g/mol. The number of nitrogens with one attached hydrogen (secondary N) is 3. The van der Waals surface area contributed by atoms with Crippen LogP contribution in [-0.4, -0.2) is 49.1 Å². The Morgan fingerprint density at radius 1 is 1.08 bits per heavy atom. The topological polar surface area (TPSA) is 73.5 Å². The van der Waals surface area contributed by atoms with Crippen LogP contribution in [-0.2, 0) is 4.79 Å². The quantitative estimate of drug-likeness (QED) is 0.667. The number of carbonyl (C=O) groups excluding carboxylic acids is 2. The average Bonchev–Trinajstić information content (AvgIpc) is 3.11. The van der Waals surface area contributed by atoms with Crippen LogP contribution < -0.4 is 16.0 Å². The van der Waals surface area contributed by atoms with Crippen molar-refractivity contribution in [1.82, 2.24) is 15.5 Å². The molecule has 3 amide bonds. The van der Waals surface area contributed by atoms with Crippen LogP contribution in [0.3, 0.4) is 0 Å². The van der Waals surface area contributed by atoms with E-state index in [4.69, 9.17) is 0 Å². The Kier molecular flexibility index (Phi) is 7.91. The second-order valence-electron chi connectivity index (χ2n) is 7.54. The largest absolute Gasteiger partial charge is 0.354 e. The minimum absolute atomic E-state index is 0.00501. The lowest BCUT2D eigenvalue weighted by atomic mass is 10.0. The molecule has 1 aromatic rings. The first-order chi connectivity index (χ1) is 12.5.